The summed E-state index contributed by atoms with van der Waals surface area (Å²) >= 11 is 0. The average Bonchev–Trinajstić information content (AvgIpc) is 2.22. The van der Waals surface area contributed by atoms with Crippen molar-refractivity contribution in [3.63, 3.8) is 0 Å². The lowest BCUT2D eigenvalue weighted by Gasteiger charge is -2.28. The van der Waals surface area contributed by atoms with Gasteiger partial charge in [0.2, 0.25) is 0 Å². The van der Waals surface area contributed by atoms with Crippen LogP contribution in [-0.4, -0.2) is 24.0 Å². The second kappa shape index (κ2) is 6.64. The highest BCUT2D eigenvalue weighted by molar-refractivity contribution is 4.72. The van der Waals surface area contributed by atoms with Crippen molar-refractivity contribution in [2.75, 3.05) is 13.1 Å². The van der Waals surface area contributed by atoms with Crippen molar-refractivity contribution in [2.24, 2.45) is 5.41 Å². The second-order valence-electron chi connectivity index (χ2n) is 6.56. The average molecular weight is 225 g/mol. The van der Waals surface area contributed by atoms with Crippen LogP contribution in [0.25, 0.3) is 0 Å². The topological polar surface area (TPSA) is 3.24 Å². The van der Waals surface area contributed by atoms with Gasteiger partial charge < -0.3 is 4.90 Å². The maximum absolute atomic E-state index is 2.67. The minimum atomic E-state index is 0.576. The highest BCUT2D eigenvalue weighted by Crippen LogP contribution is 2.30. The summed E-state index contributed by atoms with van der Waals surface area (Å²) in [7, 11) is 0. The van der Waals surface area contributed by atoms with Gasteiger partial charge >= 0.3 is 0 Å². The summed E-state index contributed by atoms with van der Waals surface area (Å²) in [5, 5.41) is 0. The molecule has 1 nitrogen and oxygen atoms in total. The minimum absolute atomic E-state index is 0.576. The molecule has 0 radical (unpaired) electrons. The highest BCUT2D eigenvalue weighted by Gasteiger charge is 2.19. The summed E-state index contributed by atoms with van der Waals surface area (Å²) in [6, 6.07) is 0.726. The third-order valence-electron chi connectivity index (χ3n) is 4.08. The molecule has 1 fully saturated rings. The lowest BCUT2D eigenvalue weighted by atomic mass is 9.82. The van der Waals surface area contributed by atoms with E-state index in [0.717, 1.165) is 6.04 Å². The van der Waals surface area contributed by atoms with E-state index in [-0.39, 0.29) is 0 Å². The lowest BCUT2D eigenvalue weighted by Crippen LogP contribution is -2.33. The Morgan fingerprint density at radius 3 is 2.06 bits per heavy atom. The van der Waals surface area contributed by atoms with Crippen LogP contribution in [0.5, 0.6) is 0 Å². The Morgan fingerprint density at radius 2 is 1.38 bits per heavy atom. The molecule has 16 heavy (non-hydrogen) atoms. The van der Waals surface area contributed by atoms with E-state index < -0.39 is 0 Å². The first-order valence-corrected chi connectivity index (χ1v) is 7.25. The quantitative estimate of drug-likeness (QED) is 0.636. The summed E-state index contributed by atoms with van der Waals surface area (Å²) in [5.41, 5.74) is 0.576. The van der Waals surface area contributed by atoms with E-state index in [4.69, 9.17) is 0 Å². The Kier molecular flexibility index (Phi) is 5.82. The molecule has 1 rings (SSSR count). The molecule has 0 atom stereocenters. The van der Waals surface area contributed by atoms with Gasteiger partial charge in [-0.25, -0.2) is 0 Å². The summed E-state index contributed by atoms with van der Waals surface area (Å²) in [6.45, 7) is 12.2. The number of hydrogen-bond acceptors (Lipinski definition) is 1. The van der Waals surface area contributed by atoms with Gasteiger partial charge in [-0.1, -0.05) is 33.1 Å². The Balaban J connectivity index is 2.46. The summed E-state index contributed by atoms with van der Waals surface area (Å²) in [5.74, 6) is 0. The standard InChI is InChI=1S/C15H31N/c1-14(2)16-12-8-6-5-7-10-15(3,4)11-9-13-16/h14H,5-13H2,1-4H3. The van der Waals surface area contributed by atoms with Crippen molar-refractivity contribution in [3.8, 4) is 0 Å². The number of rotatable bonds is 1. The van der Waals surface area contributed by atoms with Gasteiger partial charge in [0.25, 0.3) is 0 Å². The van der Waals surface area contributed by atoms with E-state index in [1.54, 1.807) is 0 Å². The van der Waals surface area contributed by atoms with Crippen molar-refractivity contribution in [1.82, 2.24) is 4.90 Å². The zero-order valence-electron chi connectivity index (χ0n) is 11.9. The normalized spacial score (nSPS) is 25.3. The van der Waals surface area contributed by atoms with E-state index in [2.05, 4.69) is 32.6 Å². The predicted molar refractivity (Wildman–Crippen MR) is 72.8 cm³/mol. The van der Waals surface area contributed by atoms with Gasteiger partial charge in [0.05, 0.1) is 0 Å². The fourth-order valence-electron chi connectivity index (χ4n) is 2.79. The summed E-state index contributed by atoms with van der Waals surface area (Å²) in [6.07, 6.45) is 9.91. The molecular formula is C15H31N. The molecule has 0 aliphatic carbocycles. The van der Waals surface area contributed by atoms with Crippen LogP contribution in [0, 0.1) is 5.41 Å². The SMILES string of the molecule is CC(C)N1CCCCCCC(C)(C)CCC1. The van der Waals surface area contributed by atoms with Crippen LogP contribution in [0.3, 0.4) is 0 Å². The fraction of sp³-hybridized carbons (Fsp3) is 1.00. The van der Waals surface area contributed by atoms with E-state index in [9.17, 15) is 0 Å². The molecule has 0 bridgehead atoms. The van der Waals surface area contributed by atoms with Crippen LogP contribution in [-0.2, 0) is 0 Å². The van der Waals surface area contributed by atoms with Gasteiger partial charge in [-0.05, 0) is 58.0 Å². The molecule has 96 valence electrons. The Morgan fingerprint density at radius 1 is 0.812 bits per heavy atom. The maximum atomic E-state index is 2.67. The molecule has 0 N–H and O–H groups in total. The summed E-state index contributed by atoms with van der Waals surface area (Å²) < 4.78 is 0. The molecule has 0 spiro atoms. The molecule has 1 aliphatic rings. The molecule has 0 saturated carbocycles. The highest BCUT2D eigenvalue weighted by atomic mass is 15.1. The van der Waals surface area contributed by atoms with Crippen molar-refractivity contribution < 1.29 is 0 Å². The van der Waals surface area contributed by atoms with E-state index in [0.29, 0.717) is 5.41 Å². The molecule has 0 aromatic carbocycles. The van der Waals surface area contributed by atoms with Crippen molar-refractivity contribution >= 4 is 0 Å². The fourth-order valence-corrected chi connectivity index (χ4v) is 2.79. The van der Waals surface area contributed by atoms with Gasteiger partial charge in [0.15, 0.2) is 0 Å². The Labute approximate surface area is 103 Å². The molecule has 1 heterocycles. The van der Waals surface area contributed by atoms with Crippen LogP contribution < -0.4 is 0 Å². The van der Waals surface area contributed by atoms with Gasteiger partial charge in [-0.15, -0.1) is 0 Å². The van der Waals surface area contributed by atoms with Gasteiger partial charge in [0, 0.05) is 6.04 Å². The van der Waals surface area contributed by atoms with Gasteiger partial charge in [-0.2, -0.15) is 0 Å². The molecule has 0 amide bonds. The minimum Gasteiger partial charge on any atom is -0.301 e. The lowest BCUT2D eigenvalue weighted by molar-refractivity contribution is 0.200. The first kappa shape index (κ1) is 14.0. The molecule has 1 heteroatoms. The molecule has 1 saturated heterocycles. The third-order valence-corrected chi connectivity index (χ3v) is 4.08. The van der Waals surface area contributed by atoms with E-state index >= 15 is 0 Å². The van der Waals surface area contributed by atoms with E-state index in [1.807, 2.05) is 0 Å². The smallest absolute Gasteiger partial charge is 0.00385 e. The van der Waals surface area contributed by atoms with Crippen LogP contribution in [0.1, 0.15) is 72.6 Å². The van der Waals surface area contributed by atoms with Crippen LogP contribution in [0.15, 0.2) is 0 Å². The first-order chi connectivity index (χ1) is 7.51. The molecule has 0 aromatic rings. The predicted octanol–water partition coefficient (Wildman–Crippen LogP) is 4.47. The molecule has 0 unspecified atom stereocenters. The van der Waals surface area contributed by atoms with Crippen LogP contribution >= 0.6 is 0 Å². The third kappa shape index (κ3) is 5.34. The summed E-state index contributed by atoms with van der Waals surface area (Å²) in [4.78, 5) is 2.67. The van der Waals surface area contributed by atoms with Crippen LogP contribution in [0.4, 0.5) is 0 Å². The van der Waals surface area contributed by atoms with Crippen molar-refractivity contribution in [2.45, 2.75) is 78.7 Å². The van der Waals surface area contributed by atoms with Crippen molar-refractivity contribution in [3.05, 3.63) is 0 Å². The van der Waals surface area contributed by atoms with Gasteiger partial charge in [-0.3, -0.25) is 0 Å². The van der Waals surface area contributed by atoms with Crippen molar-refractivity contribution in [1.29, 1.82) is 0 Å². The maximum Gasteiger partial charge on any atom is 0.00385 e. The Bertz CT molecular complexity index is 184. The second-order valence-corrected chi connectivity index (χ2v) is 6.56. The largest absolute Gasteiger partial charge is 0.301 e. The van der Waals surface area contributed by atoms with Crippen LogP contribution in [0.2, 0.25) is 0 Å². The molecule has 0 aromatic heterocycles. The molecule has 1 aliphatic heterocycles. The van der Waals surface area contributed by atoms with E-state index in [1.165, 1.54) is 58.0 Å². The monoisotopic (exact) mass is 225 g/mol. The molecular weight excluding hydrogens is 194 g/mol. The zero-order valence-corrected chi connectivity index (χ0v) is 11.9. The Hall–Kier alpha value is -0.0400. The van der Waals surface area contributed by atoms with Gasteiger partial charge in [0.1, 0.15) is 0 Å². The number of nitrogens with zero attached hydrogens (tertiary/aromatic N) is 1. The first-order valence-electron chi connectivity index (χ1n) is 7.25. The zero-order chi connectivity index (χ0) is 12.0. The number of hydrogen-bond donors (Lipinski definition) is 0.